The molecule has 0 spiro atoms. The summed E-state index contributed by atoms with van der Waals surface area (Å²) < 4.78 is 69.6. The number of nitrogens with zero attached hydrogens (tertiary/aromatic N) is 8. The molecule has 12 aromatic rings. The number of carbonyl (C=O) groups excluding carboxylic acids is 8. The van der Waals surface area contributed by atoms with Crippen LogP contribution in [-0.4, -0.2) is 174 Å². The number of methoxy groups -OCH3 is 7. The molecule has 132 heavy (non-hydrogen) atoms. The number of amides is 8. The number of hydrogen-bond donors (Lipinski definition) is 8. The number of ether oxygens (including phenoxy) is 9. The molecule has 34 heteroatoms. The first-order valence-corrected chi connectivity index (χ1v) is 42.6. The zero-order valence-electron chi connectivity index (χ0n) is 76.8. The summed E-state index contributed by atoms with van der Waals surface area (Å²) in [6, 6.07) is 45.9. The first-order chi connectivity index (χ1) is 63.4. The van der Waals surface area contributed by atoms with Crippen LogP contribution in [0, 0.1) is 47.4 Å². The maximum Gasteiger partial charge on any atom is 0.252 e. The Balaban J connectivity index is 0.000000150. The number of hydrogen-bond acceptors (Lipinski definition) is 21. The van der Waals surface area contributed by atoms with E-state index in [9.17, 15) is 42.7 Å². The van der Waals surface area contributed by atoms with Gasteiger partial charge in [0.05, 0.1) is 85.8 Å². The normalized spacial score (nSPS) is 17.2. The van der Waals surface area contributed by atoms with E-state index in [4.69, 9.17) is 42.6 Å². The van der Waals surface area contributed by atoms with Crippen LogP contribution in [0.2, 0.25) is 0 Å². The first-order valence-electron chi connectivity index (χ1n) is 42.6. The maximum atomic E-state index is 14.6. The van der Waals surface area contributed by atoms with Crippen molar-refractivity contribution < 1.29 is 85.4 Å². The van der Waals surface area contributed by atoms with Gasteiger partial charge in [0.15, 0.2) is 46.1 Å². The molecule has 8 atom stereocenters. The topological polar surface area (TPSA) is 387 Å². The average molecular weight is 1800 g/mol. The van der Waals surface area contributed by atoms with E-state index in [2.05, 4.69) is 62.9 Å². The third kappa shape index (κ3) is 19.7. The molecule has 688 valence electrons. The van der Waals surface area contributed by atoms with Gasteiger partial charge in [0.1, 0.15) is 58.9 Å². The minimum Gasteiger partial charge on any atom is -0.497 e. The SMILES string of the molecule is CCCOc1ccc(C2c3c(C)nn(C)c3NC(=O)C2NC(=O)c2cccc(C)c2)cc1OC.CCOc1ccc(C2c3c(C)nn(C)c3NC(=O)C2NC(=O)c2cccc(C)c2)cc1.COc1ccc(C2c3c(C)nn(C)c3NC(=O)C2NC(=O)c2ccc(OC)c(OC)c2)cc1F.COc1cccc(C2c3c(C)nn(C)c3NC(=O)C2NC(=O)c2ccc(OC)c(OC)c2)c1. The van der Waals surface area contributed by atoms with E-state index in [1.807, 2.05) is 146 Å². The number of nitrogens with one attached hydrogen (secondary N) is 8. The number of benzene rings is 8. The molecule has 4 aliphatic heterocycles. The standard InChI is InChI=1S/C26H30N4O4.C24H25FN4O5.C24H26N4O5.C24H26N4O3/c1-6-12-34-19-11-10-17(14-20(19)33-5)22-21-16(3)29-30(4)24(21)28-26(32)23(22)27-25(31)18-9-7-8-15(2)13-18;1-12-19-20(13-6-8-16(32-3)15(25)10-13)21(24(31)27-22(19)29(2)28-12)26-23(30)14-7-9-17(33-4)18(11-14)34-5;1-13-19-20(14-7-6-8-16(11-14)31-3)21(24(30)26-22(19)28(2)27-13)25-23(29)15-9-10-17(32-4)18(12-15)33-5;1-5-31-18-11-9-16(10-12-18)20-19-15(3)27-28(4)22(19)26-24(30)21(20)25-23(29)17-8-6-7-14(2)13-17/h7-11,13-14,22-23H,6,12H2,1-5H3,(H,27,31)(H,28,32);6-11,20-21H,1-5H3,(H,26,30)(H,27,31);6-12,20-21H,1-5H3,(H,25,29)(H,26,30);6-13,20-21H,5H2,1-4H3,(H,25,29)(H,26,30). The maximum absolute atomic E-state index is 14.6. The van der Waals surface area contributed by atoms with Crippen molar-refractivity contribution >= 4 is 70.5 Å². The van der Waals surface area contributed by atoms with Crippen LogP contribution in [0.5, 0.6) is 51.7 Å². The summed E-state index contributed by atoms with van der Waals surface area (Å²) in [6.07, 6.45) is 0.874. The monoisotopic (exact) mass is 1800 g/mol. The Labute approximate surface area is 762 Å². The Morgan fingerprint density at radius 3 is 1.02 bits per heavy atom. The van der Waals surface area contributed by atoms with Gasteiger partial charge >= 0.3 is 0 Å². The molecule has 0 fully saturated rings. The highest BCUT2D eigenvalue weighted by atomic mass is 19.1. The van der Waals surface area contributed by atoms with E-state index in [1.54, 1.807) is 123 Å². The van der Waals surface area contributed by atoms with Gasteiger partial charge in [-0.2, -0.15) is 20.4 Å². The average Bonchev–Trinajstić information content (AvgIpc) is 1.58. The van der Waals surface area contributed by atoms with E-state index >= 15 is 0 Å². The van der Waals surface area contributed by atoms with Gasteiger partial charge in [0.25, 0.3) is 23.6 Å². The fraction of sp³-hybridized carbons (Fsp3) is 0.306. The fourth-order valence-corrected chi connectivity index (χ4v) is 17.1. The second-order valence-corrected chi connectivity index (χ2v) is 31.9. The van der Waals surface area contributed by atoms with Gasteiger partial charge in [-0.05, 0) is 186 Å². The lowest BCUT2D eigenvalue weighted by atomic mass is 9.81. The predicted molar refractivity (Wildman–Crippen MR) is 492 cm³/mol. The highest BCUT2D eigenvalue weighted by Crippen LogP contribution is 2.46. The molecule has 4 aromatic heterocycles. The van der Waals surface area contributed by atoms with Crippen LogP contribution < -0.4 is 85.2 Å². The van der Waals surface area contributed by atoms with Crippen molar-refractivity contribution in [1.29, 1.82) is 0 Å². The third-order valence-electron chi connectivity index (χ3n) is 23.3. The van der Waals surface area contributed by atoms with Crippen LogP contribution in [0.3, 0.4) is 0 Å². The summed E-state index contributed by atoms with van der Waals surface area (Å²) in [5.74, 6) is 1.51. The van der Waals surface area contributed by atoms with Crippen molar-refractivity contribution in [2.75, 3.05) is 84.2 Å². The van der Waals surface area contributed by atoms with Crippen molar-refractivity contribution in [3.8, 4) is 51.7 Å². The summed E-state index contributed by atoms with van der Waals surface area (Å²) >= 11 is 0. The molecule has 8 amide bonds. The molecule has 16 rings (SSSR count). The number of halogens is 1. The lowest BCUT2D eigenvalue weighted by Crippen LogP contribution is -2.50. The highest BCUT2D eigenvalue weighted by molar-refractivity contribution is 6.08. The Kier molecular flexibility index (Phi) is 29.1. The lowest BCUT2D eigenvalue weighted by Gasteiger charge is -2.33. The number of anilines is 4. The van der Waals surface area contributed by atoms with Crippen LogP contribution in [0.4, 0.5) is 27.7 Å². The molecule has 0 radical (unpaired) electrons. The van der Waals surface area contributed by atoms with Crippen molar-refractivity contribution in [1.82, 2.24) is 60.4 Å². The van der Waals surface area contributed by atoms with Crippen LogP contribution in [0.25, 0.3) is 0 Å². The number of aromatic nitrogens is 8. The number of aryl methyl sites for hydroxylation is 10. The van der Waals surface area contributed by atoms with Gasteiger partial charge in [-0.3, -0.25) is 57.1 Å². The molecule has 0 aliphatic carbocycles. The van der Waals surface area contributed by atoms with Gasteiger partial charge in [0.2, 0.25) is 23.6 Å². The van der Waals surface area contributed by atoms with Gasteiger partial charge < -0.3 is 85.2 Å². The molecule has 8 unspecified atom stereocenters. The molecule has 8 heterocycles. The Morgan fingerprint density at radius 1 is 0.341 bits per heavy atom. The minimum atomic E-state index is -1.02. The van der Waals surface area contributed by atoms with Gasteiger partial charge in [-0.25, -0.2) is 4.39 Å². The summed E-state index contributed by atoms with van der Waals surface area (Å²) in [6.45, 7) is 16.5. The lowest BCUT2D eigenvalue weighted by molar-refractivity contribution is -0.119. The summed E-state index contributed by atoms with van der Waals surface area (Å²) in [4.78, 5) is 105. The van der Waals surface area contributed by atoms with E-state index in [0.717, 1.165) is 73.8 Å². The van der Waals surface area contributed by atoms with Crippen LogP contribution in [-0.2, 0) is 47.4 Å². The van der Waals surface area contributed by atoms with E-state index in [1.165, 1.54) is 53.7 Å². The Bertz CT molecular complexity index is 6380. The van der Waals surface area contributed by atoms with Gasteiger partial charge in [-0.1, -0.05) is 78.7 Å². The molecule has 4 aliphatic rings. The molecular weight excluding hydrogens is 1690 g/mol. The van der Waals surface area contributed by atoms with Crippen molar-refractivity contribution in [2.24, 2.45) is 28.2 Å². The van der Waals surface area contributed by atoms with Crippen molar-refractivity contribution in [3.05, 3.63) is 276 Å². The smallest absolute Gasteiger partial charge is 0.252 e. The molecule has 33 nitrogen and oxygen atoms in total. The number of carbonyl (C=O) groups is 8. The largest absolute Gasteiger partial charge is 0.497 e. The molecule has 0 saturated heterocycles. The van der Waals surface area contributed by atoms with E-state index in [0.29, 0.717) is 110 Å². The van der Waals surface area contributed by atoms with Gasteiger partial charge in [0, 0.05) is 96.4 Å². The van der Waals surface area contributed by atoms with Gasteiger partial charge in [-0.15, -0.1) is 0 Å². The molecule has 0 bridgehead atoms. The third-order valence-corrected chi connectivity index (χ3v) is 23.3. The van der Waals surface area contributed by atoms with E-state index < -0.39 is 65.5 Å². The molecule has 0 saturated carbocycles. The minimum absolute atomic E-state index is 0.0815. The highest BCUT2D eigenvalue weighted by Gasteiger charge is 2.47. The fourth-order valence-electron chi connectivity index (χ4n) is 17.1. The number of fused-ring (bicyclic) bond motifs is 4. The summed E-state index contributed by atoms with van der Waals surface area (Å²) in [5.41, 5.74) is 13.0. The van der Waals surface area contributed by atoms with Crippen molar-refractivity contribution in [3.63, 3.8) is 0 Å². The first kappa shape index (κ1) is 94.1. The zero-order valence-corrected chi connectivity index (χ0v) is 76.8. The number of rotatable bonds is 24. The zero-order chi connectivity index (χ0) is 94.8. The quantitative estimate of drug-likeness (QED) is 0.0278. The summed E-state index contributed by atoms with van der Waals surface area (Å²) in [5, 5.41) is 41.1. The van der Waals surface area contributed by atoms with E-state index in [-0.39, 0.29) is 46.8 Å². The van der Waals surface area contributed by atoms with Crippen molar-refractivity contribution in [2.45, 2.75) is 110 Å². The predicted octanol–water partition coefficient (Wildman–Crippen LogP) is 12.4. The van der Waals surface area contributed by atoms with Crippen LogP contribution >= 0.6 is 0 Å². The van der Waals surface area contributed by atoms with Crippen LogP contribution in [0.15, 0.2) is 170 Å². The Hall–Kier alpha value is -15.5. The summed E-state index contributed by atoms with van der Waals surface area (Å²) in [7, 11) is 17.6. The second kappa shape index (κ2) is 40.9. The Morgan fingerprint density at radius 2 is 0.667 bits per heavy atom. The molecular formula is C98H107FN16O17. The molecule has 8 N–H and O–H groups in total. The van der Waals surface area contributed by atoms with Crippen LogP contribution in [0.1, 0.15) is 164 Å². The molecule has 8 aromatic carbocycles. The second-order valence-electron chi connectivity index (χ2n) is 31.9.